The zero-order valence-electron chi connectivity index (χ0n) is 21.7. The number of halogens is 1. The van der Waals surface area contributed by atoms with Gasteiger partial charge in [-0.15, -0.1) is 0 Å². The molecule has 0 amide bonds. The topological polar surface area (TPSA) is 18.5 Å². The highest BCUT2D eigenvalue weighted by atomic mass is 19.1. The lowest BCUT2D eigenvalue weighted by Crippen LogP contribution is -2.35. The van der Waals surface area contributed by atoms with E-state index in [1.807, 2.05) is 13.2 Å². The van der Waals surface area contributed by atoms with Crippen LogP contribution >= 0.6 is 0 Å². The summed E-state index contributed by atoms with van der Waals surface area (Å²) in [6, 6.07) is 4.13. The van der Waals surface area contributed by atoms with E-state index >= 15 is 4.39 Å². The largest absolute Gasteiger partial charge is 0.487 e. The van der Waals surface area contributed by atoms with Gasteiger partial charge < -0.3 is 9.47 Å². The van der Waals surface area contributed by atoms with E-state index in [-0.39, 0.29) is 11.9 Å². The molecular formula is C31H47FO2. The molecule has 0 bridgehead atoms. The molecule has 1 heterocycles. The highest BCUT2D eigenvalue weighted by molar-refractivity contribution is 5.42. The molecule has 1 atom stereocenters. The molecule has 1 aromatic carbocycles. The lowest BCUT2D eigenvalue weighted by Gasteiger charge is -2.38. The molecule has 3 saturated carbocycles. The zero-order valence-corrected chi connectivity index (χ0v) is 21.7. The van der Waals surface area contributed by atoms with E-state index in [1.54, 1.807) is 0 Å². The van der Waals surface area contributed by atoms with Gasteiger partial charge in [0.05, 0.1) is 6.10 Å². The molecule has 0 N–H and O–H groups in total. The number of hydrogen-bond acceptors (Lipinski definition) is 2. The maximum Gasteiger partial charge on any atom is 0.165 e. The Bertz CT molecular complexity index is 783. The smallest absolute Gasteiger partial charge is 0.165 e. The minimum absolute atomic E-state index is 0.112. The number of rotatable bonds is 6. The van der Waals surface area contributed by atoms with Gasteiger partial charge in [0, 0.05) is 7.11 Å². The molecular weight excluding hydrogens is 423 g/mol. The fourth-order valence-corrected chi connectivity index (χ4v) is 8.04. The molecule has 0 radical (unpaired) electrons. The minimum atomic E-state index is -0.112. The average Bonchev–Trinajstić information content (AvgIpc) is 2.89. The second-order valence-corrected chi connectivity index (χ2v) is 12.1. The fourth-order valence-electron chi connectivity index (χ4n) is 8.04. The van der Waals surface area contributed by atoms with Crippen LogP contribution in [0.1, 0.15) is 120 Å². The van der Waals surface area contributed by atoms with E-state index < -0.39 is 0 Å². The number of hydrogen-bond donors (Lipinski definition) is 0. The first-order valence-electron chi connectivity index (χ1n) is 14.7. The molecule has 2 nitrogen and oxygen atoms in total. The number of benzene rings is 1. The van der Waals surface area contributed by atoms with Crippen molar-refractivity contribution in [1.29, 1.82) is 0 Å². The van der Waals surface area contributed by atoms with Gasteiger partial charge in [-0.3, -0.25) is 0 Å². The van der Waals surface area contributed by atoms with Crippen molar-refractivity contribution in [2.24, 2.45) is 23.7 Å². The van der Waals surface area contributed by atoms with E-state index in [4.69, 9.17) is 9.47 Å². The number of aryl methyl sites for hydroxylation is 1. The van der Waals surface area contributed by atoms with Crippen molar-refractivity contribution in [1.82, 2.24) is 0 Å². The van der Waals surface area contributed by atoms with E-state index in [1.165, 1.54) is 69.8 Å². The summed E-state index contributed by atoms with van der Waals surface area (Å²) in [4.78, 5) is 0. The first-order chi connectivity index (χ1) is 16.6. The summed E-state index contributed by atoms with van der Waals surface area (Å²) in [6.45, 7) is 2.33. The standard InChI is InChI=1S/C31H47FO2/c1-3-4-21-5-7-22(8-6-21)23-9-11-24(12-10-23)27-19-26-15-18-30(34-31(26)29(32)20-27)25-13-16-28(33-2)17-14-25/h19-25,28,30H,3-18H2,1-2H3. The van der Waals surface area contributed by atoms with Gasteiger partial charge in [0.15, 0.2) is 11.6 Å². The third kappa shape index (κ3) is 5.50. The quantitative estimate of drug-likeness (QED) is 0.414. The van der Waals surface area contributed by atoms with Gasteiger partial charge in [-0.05, 0) is 124 Å². The molecule has 3 aliphatic carbocycles. The Kier molecular flexibility index (Phi) is 8.19. The van der Waals surface area contributed by atoms with Gasteiger partial charge in [-0.2, -0.15) is 0 Å². The molecule has 3 heteroatoms. The first kappa shape index (κ1) is 24.6. The molecule has 0 aromatic heterocycles. The maximum atomic E-state index is 15.3. The van der Waals surface area contributed by atoms with E-state index in [2.05, 4.69) is 13.0 Å². The van der Waals surface area contributed by atoms with Crippen LogP contribution in [-0.4, -0.2) is 19.3 Å². The van der Waals surface area contributed by atoms with Crippen LogP contribution in [0.4, 0.5) is 4.39 Å². The van der Waals surface area contributed by atoms with Crippen LogP contribution in [-0.2, 0) is 11.2 Å². The van der Waals surface area contributed by atoms with Crippen molar-refractivity contribution in [3.63, 3.8) is 0 Å². The predicted octanol–water partition coefficient (Wildman–Crippen LogP) is 8.60. The molecule has 3 fully saturated rings. The summed E-state index contributed by atoms with van der Waals surface area (Å²) in [5.41, 5.74) is 2.36. The molecule has 1 aliphatic heterocycles. The van der Waals surface area contributed by atoms with Crippen molar-refractivity contribution in [3.05, 3.63) is 29.1 Å². The Balaban J connectivity index is 1.15. The van der Waals surface area contributed by atoms with Crippen LogP contribution in [0, 0.1) is 29.5 Å². The van der Waals surface area contributed by atoms with E-state index in [0.29, 0.717) is 23.7 Å². The second-order valence-electron chi connectivity index (χ2n) is 12.1. The van der Waals surface area contributed by atoms with E-state index in [9.17, 15) is 0 Å². The van der Waals surface area contributed by atoms with Crippen LogP contribution in [0.15, 0.2) is 12.1 Å². The van der Waals surface area contributed by atoms with Gasteiger partial charge in [0.25, 0.3) is 0 Å². The monoisotopic (exact) mass is 470 g/mol. The Labute approximate surface area is 207 Å². The maximum absolute atomic E-state index is 15.3. The Hall–Kier alpha value is -1.09. The zero-order chi connectivity index (χ0) is 23.5. The van der Waals surface area contributed by atoms with Crippen molar-refractivity contribution in [2.45, 2.75) is 128 Å². The summed E-state index contributed by atoms with van der Waals surface area (Å²) in [5.74, 6) is 4.40. The van der Waals surface area contributed by atoms with E-state index in [0.717, 1.165) is 61.8 Å². The summed E-state index contributed by atoms with van der Waals surface area (Å²) >= 11 is 0. The minimum Gasteiger partial charge on any atom is -0.487 e. The highest BCUT2D eigenvalue weighted by Crippen LogP contribution is 2.46. The van der Waals surface area contributed by atoms with Crippen LogP contribution in [0.3, 0.4) is 0 Å². The van der Waals surface area contributed by atoms with Gasteiger partial charge in [0.1, 0.15) is 6.10 Å². The molecule has 0 saturated heterocycles. The summed E-state index contributed by atoms with van der Waals surface area (Å²) in [7, 11) is 1.82. The van der Waals surface area contributed by atoms with Gasteiger partial charge in [0.2, 0.25) is 0 Å². The molecule has 4 aliphatic rings. The van der Waals surface area contributed by atoms with Crippen molar-refractivity contribution >= 4 is 0 Å². The molecule has 34 heavy (non-hydrogen) atoms. The van der Waals surface area contributed by atoms with Gasteiger partial charge in [-0.25, -0.2) is 4.39 Å². The Morgan fingerprint density at radius 1 is 0.824 bits per heavy atom. The summed E-state index contributed by atoms with van der Waals surface area (Å²) < 4.78 is 27.1. The third-order valence-corrected chi connectivity index (χ3v) is 10.2. The van der Waals surface area contributed by atoms with Crippen molar-refractivity contribution in [3.8, 4) is 5.75 Å². The van der Waals surface area contributed by atoms with Crippen LogP contribution in [0.5, 0.6) is 5.75 Å². The number of ether oxygens (including phenoxy) is 2. The number of methoxy groups -OCH3 is 1. The summed E-state index contributed by atoms with van der Waals surface area (Å²) in [5, 5.41) is 0. The van der Waals surface area contributed by atoms with Crippen molar-refractivity contribution < 1.29 is 13.9 Å². The fraction of sp³-hybridized carbons (Fsp3) is 0.806. The second kappa shape index (κ2) is 11.3. The molecule has 1 unspecified atom stereocenters. The van der Waals surface area contributed by atoms with Gasteiger partial charge in [-0.1, -0.05) is 38.7 Å². The first-order valence-corrected chi connectivity index (χ1v) is 14.7. The predicted molar refractivity (Wildman–Crippen MR) is 137 cm³/mol. The van der Waals surface area contributed by atoms with Crippen LogP contribution in [0.2, 0.25) is 0 Å². The summed E-state index contributed by atoms with van der Waals surface area (Å²) in [6.07, 6.45) is 20.9. The SMILES string of the molecule is CCCC1CCC(C2CCC(c3cc(F)c4c(c3)CCC(C3CCC(OC)CC3)O4)CC2)CC1. The van der Waals surface area contributed by atoms with Crippen LogP contribution in [0.25, 0.3) is 0 Å². The molecule has 5 rings (SSSR count). The lowest BCUT2D eigenvalue weighted by atomic mass is 9.68. The Morgan fingerprint density at radius 2 is 1.47 bits per heavy atom. The van der Waals surface area contributed by atoms with Crippen molar-refractivity contribution in [2.75, 3.05) is 7.11 Å². The van der Waals surface area contributed by atoms with Gasteiger partial charge >= 0.3 is 0 Å². The molecule has 190 valence electrons. The highest BCUT2D eigenvalue weighted by Gasteiger charge is 2.35. The normalized spacial score (nSPS) is 36.5. The number of fused-ring (bicyclic) bond motifs is 1. The third-order valence-electron chi connectivity index (χ3n) is 10.2. The molecule has 0 spiro atoms. The lowest BCUT2D eigenvalue weighted by molar-refractivity contribution is 0.0200. The molecule has 1 aromatic rings. The Morgan fingerprint density at radius 3 is 2.12 bits per heavy atom. The average molecular weight is 471 g/mol. The van der Waals surface area contributed by atoms with Crippen LogP contribution < -0.4 is 4.74 Å².